The molecule has 0 saturated carbocycles. The van der Waals surface area contributed by atoms with Gasteiger partial charge in [-0.2, -0.15) is 0 Å². The minimum absolute atomic E-state index is 0.462. The summed E-state index contributed by atoms with van der Waals surface area (Å²) in [6.07, 6.45) is 6.45. The number of nitrogens with zero attached hydrogens (tertiary/aromatic N) is 2. The van der Waals surface area contributed by atoms with E-state index in [1.165, 1.54) is 0 Å². The molecular formula is C11H14N2O2. The van der Waals surface area contributed by atoms with Crippen molar-refractivity contribution in [2.75, 3.05) is 6.61 Å². The lowest BCUT2D eigenvalue weighted by Gasteiger charge is -1.88. The first-order valence-electron chi connectivity index (χ1n) is 4.68. The molecule has 1 aromatic rings. The van der Waals surface area contributed by atoms with Gasteiger partial charge in [0.1, 0.15) is 5.69 Å². The zero-order chi connectivity index (χ0) is 11.1. The number of aryl methyl sites for hydroxylation is 1. The second kappa shape index (κ2) is 5.80. The Hall–Kier alpha value is -1.84. The molecule has 1 aromatic heterocycles. The van der Waals surface area contributed by atoms with Crippen LogP contribution in [0.2, 0.25) is 0 Å². The summed E-state index contributed by atoms with van der Waals surface area (Å²) in [6, 6.07) is 0. The molecule has 0 amide bonds. The first-order valence-corrected chi connectivity index (χ1v) is 4.68. The second-order valence-corrected chi connectivity index (χ2v) is 2.69. The molecular weight excluding hydrogens is 192 g/mol. The number of oxazole rings is 1. The van der Waals surface area contributed by atoms with E-state index in [-0.39, 0.29) is 0 Å². The quantitative estimate of drug-likeness (QED) is 0.549. The average Bonchev–Trinajstić information content (AvgIpc) is 2.59. The summed E-state index contributed by atoms with van der Waals surface area (Å²) < 4.78 is 10.3. The lowest BCUT2D eigenvalue weighted by Crippen LogP contribution is -1.76. The molecule has 0 aliphatic heterocycles. The number of aromatic nitrogens is 1. The zero-order valence-corrected chi connectivity index (χ0v) is 8.93. The van der Waals surface area contributed by atoms with Crippen LogP contribution in [0, 0.1) is 6.92 Å². The summed E-state index contributed by atoms with van der Waals surface area (Å²) >= 11 is 0. The molecule has 4 heteroatoms. The molecule has 15 heavy (non-hydrogen) atoms. The van der Waals surface area contributed by atoms with Crippen LogP contribution in [-0.4, -0.2) is 17.8 Å². The zero-order valence-electron chi connectivity index (χ0n) is 8.93. The van der Waals surface area contributed by atoms with E-state index in [9.17, 15) is 0 Å². The molecule has 1 heterocycles. The molecule has 0 N–H and O–H groups in total. The van der Waals surface area contributed by atoms with Crippen LogP contribution in [0.15, 0.2) is 28.3 Å². The van der Waals surface area contributed by atoms with E-state index in [4.69, 9.17) is 9.15 Å². The lowest BCUT2D eigenvalue weighted by atomic mass is 10.4. The average molecular weight is 206 g/mol. The summed E-state index contributed by atoms with van der Waals surface area (Å²) in [5, 5.41) is 0. The van der Waals surface area contributed by atoms with Gasteiger partial charge in [0.05, 0.1) is 12.9 Å². The van der Waals surface area contributed by atoms with E-state index in [1.54, 1.807) is 31.6 Å². The molecule has 0 aliphatic rings. The van der Waals surface area contributed by atoms with Crippen molar-refractivity contribution in [1.82, 2.24) is 4.98 Å². The van der Waals surface area contributed by atoms with Gasteiger partial charge in [-0.3, -0.25) is 0 Å². The molecule has 0 fully saturated rings. The van der Waals surface area contributed by atoms with Crippen molar-refractivity contribution in [3.63, 3.8) is 0 Å². The Morgan fingerprint density at radius 3 is 3.07 bits per heavy atom. The molecule has 0 aliphatic carbocycles. The van der Waals surface area contributed by atoms with Gasteiger partial charge in [0.25, 0.3) is 0 Å². The van der Waals surface area contributed by atoms with Gasteiger partial charge < -0.3 is 9.15 Å². The van der Waals surface area contributed by atoms with E-state index in [0.29, 0.717) is 24.1 Å². The molecule has 0 unspecified atom stereocenters. The van der Waals surface area contributed by atoms with Crippen LogP contribution in [0.3, 0.4) is 0 Å². The third-order valence-corrected chi connectivity index (χ3v) is 1.55. The summed E-state index contributed by atoms with van der Waals surface area (Å²) in [5.41, 5.74) is 0.647. The monoisotopic (exact) mass is 206 g/mol. The van der Waals surface area contributed by atoms with Crippen molar-refractivity contribution in [2.45, 2.75) is 13.8 Å². The second-order valence-electron chi connectivity index (χ2n) is 2.69. The van der Waals surface area contributed by atoms with Gasteiger partial charge in [-0.05, 0) is 19.1 Å². The van der Waals surface area contributed by atoms with Crippen molar-refractivity contribution < 1.29 is 9.15 Å². The van der Waals surface area contributed by atoms with E-state index in [2.05, 4.69) is 16.6 Å². The van der Waals surface area contributed by atoms with E-state index in [0.717, 1.165) is 0 Å². The highest BCUT2D eigenvalue weighted by molar-refractivity contribution is 5.74. The van der Waals surface area contributed by atoms with Gasteiger partial charge >= 0.3 is 0 Å². The highest BCUT2D eigenvalue weighted by Crippen LogP contribution is 2.20. The smallest absolute Gasteiger partial charge is 0.246 e. The van der Waals surface area contributed by atoms with Gasteiger partial charge in [0.15, 0.2) is 5.89 Å². The maximum atomic E-state index is 5.26. The van der Waals surface area contributed by atoms with E-state index in [1.807, 2.05) is 6.92 Å². The Labute approximate surface area is 89.0 Å². The van der Waals surface area contributed by atoms with Crippen molar-refractivity contribution in [3.8, 4) is 0 Å². The molecule has 0 atom stereocenters. The molecule has 80 valence electrons. The van der Waals surface area contributed by atoms with Crippen LogP contribution < -0.4 is 0 Å². The predicted molar refractivity (Wildman–Crippen MR) is 60.2 cm³/mol. The third-order valence-electron chi connectivity index (χ3n) is 1.55. The Morgan fingerprint density at radius 2 is 2.40 bits per heavy atom. The topological polar surface area (TPSA) is 47.6 Å². The largest absolute Gasteiger partial charge is 0.501 e. The van der Waals surface area contributed by atoms with Crippen molar-refractivity contribution in [2.24, 2.45) is 4.99 Å². The highest BCUT2D eigenvalue weighted by atomic mass is 16.5. The van der Waals surface area contributed by atoms with E-state index < -0.39 is 0 Å². The number of rotatable bonds is 5. The molecule has 0 saturated heterocycles. The normalized spacial score (nSPS) is 11.3. The number of allylic oxidation sites excluding steroid dienone is 1. The van der Waals surface area contributed by atoms with Crippen LogP contribution in [0.4, 0.5) is 5.88 Å². The fraction of sp³-hybridized carbons (Fsp3) is 0.273. The molecule has 1 rings (SSSR count). The molecule has 4 nitrogen and oxygen atoms in total. The summed E-state index contributed by atoms with van der Waals surface area (Å²) in [5.74, 6) is 1.04. The number of aliphatic imine (C=N–C) groups is 1. The molecule has 0 bridgehead atoms. The fourth-order valence-electron chi connectivity index (χ4n) is 0.956. The first kappa shape index (κ1) is 11.2. The SMILES string of the molecule is C=Cc1nc(C)oc1/N=C/C=C/OCC. The van der Waals surface area contributed by atoms with Crippen molar-refractivity contribution in [1.29, 1.82) is 0 Å². The van der Waals surface area contributed by atoms with Crippen molar-refractivity contribution >= 4 is 18.2 Å². The maximum absolute atomic E-state index is 5.26. The van der Waals surface area contributed by atoms with E-state index >= 15 is 0 Å². The standard InChI is InChI=1S/C11H14N2O2/c1-4-10-11(15-9(3)13-10)12-7-6-8-14-5-2/h4,6-8H,1,5H2,2-3H3/b8-6+,12-7+. The van der Waals surface area contributed by atoms with Crippen LogP contribution in [0.5, 0.6) is 0 Å². The molecule has 0 radical (unpaired) electrons. The van der Waals surface area contributed by atoms with Gasteiger partial charge in [-0.15, -0.1) is 0 Å². The predicted octanol–water partition coefficient (Wildman–Crippen LogP) is 2.88. The minimum atomic E-state index is 0.462. The van der Waals surface area contributed by atoms with Crippen LogP contribution in [0.25, 0.3) is 6.08 Å². The first-order chi connectivity index (χ1) is 7.27. The summed E-state index contributed by atoms with van der Waals surface area (Å²) in [6.45, 7) is 7.95. The van der Waals surface area contributed by atoms with Gasteiger partial charge in [-0.25, -0.2) is 9.98 Å². The Kier molecular flexibility index (Phi) is 4.34. The Morgan fingerprint density at radius 1 is 1.60 bits per heavy atom. The summed E-state index contributed by atoms with van der Waals surface area (Å²) in [4.78, 5) is 8.17. The van der Waals surface area contributed by atoms with Gasteiger partial charge in [0.2, 0.25) is 5.88 Å². The van der Waals surface area contributed by atoms with Crippen molar-refractivity contribution in [3.05, 3.63) is 30.5 Å². The highest BCUT2D eigenvalue weighted by Gasteiger charge is 2.04. The number of hydrogen-bond acceptors (Lipinski definition) is 4. The van der Waals surface area contributed by atoms with Gasteiger partial charge in [0, 0.05) is 13.1 Å². The fourth-order valence-corrected chi connectivity index (χ4v) is 0.956. The number of ether oxygens (including phenoxy) is 1. The summed E-state index contributed by atoms with van der Waals surface area (Å²) in [7, 11) is 0. The van der Waals surface area contributed by atoms with Crippen LogP contribution in [-0.2, 0) is 4.74 Å². The lowest BCUT2D eigenvalue weighted by molar-refractivity contribution is 0.270. The third kappa shape index (κ3) is 3.42. The van der Waals surface area contributed by atoms with Crippen LogP contribution in [0.1, 0.15) is 18.5 Å². The Balaban J connectivity index is 2.66. The minimum Gasteiger partial charge on any atom is -0.501 e. The number of hydrogen-bond donors (Lipinski definition) is 0. The van der Waals surface area contributed by atoms with Crippen LogP contribution >= 0.6 is 0 Å². The Bertz CT molecular complexity index is 378. The maximum Gasteiger partial charge on any atom is 0.246 e. The molecule has 0 spiro atoms. The molecule has 0 aromatic carbocycles. The van der Waals surface area contributed by atoms with Gasteiger partial charge in [-0.1, -0.05) is 6.58 Å².